The van der Waals surface area contributed by atoms with Crippen molar-refractivity contribution in [2.45, 2.75) is 29.5 Å². The Balaban J connectivity index is 1.71. The Morgan fingerprint density at radius 1 is 1.43 bits per heavy atom. The van der Waals surface area contributed by atoms with Crippen LogP contribution in [-0.2, 0) is 9.47 Å². The molecule has 5 heteroatoms. The van der Waals surface area contributed by atoms with Gasteiger partial charge in [-0.05, 0) is 6.42 Å². The summed E-state index contributed by atoms with van der Waals surface area (Å²) in [6, 6.07) is 0.323. The standard InChI is InChI=1S/C9H13BrN2O2/c10-7-5-11-12(6-7)8-1-2-9(8)13-3-4-14-9/h5,7-8H,1-4,6H2. The molecular formula is C9H13BrN2O2. The van der Waals surface area contributed by atoms with Gasteiger partial charge in [0.1, 0.15) is 6.04 Å². The SMILES string of the molecule is BrC1C=NN(C2CCC23OCCO3)C1. The fourth-order valence-corrected chi connectivity index (χ4v) is 2.73. The van der Waals surface area contributed by atoms with Crippen LogP contribution in [0, 0.1) is 0 Å². The Hall–Kier alpha value is -0.130. The van der Waals surface area contributed by atoms with Crippen molar-refractivity contribution in [3.8, 4) is 0 Å². The molecule has 3 aliphatic rings. The second kappa shape index (κ2) is 3.18. The molecule has 4 nitrogen and oxygen atoms in total. The fourth-order valence-electron chi connectivity index (χ4n) is 2.33. The average molecular weight is 261 g/mol. The Bertz CT molecular complexity index is 266. The number of alkyl halides is 1. The zero-order chi connectivity index (χ0) is 9.60. The monoisotopic (exact) mass is 260 g/mol. The average Bonchev–Trinajstić information content (AvgIpc) is 2.73. The van der Waals surface area contributed by atoms with Crippen molar-refractivity contribution in [3.63, 3.8) is 0 Å². The highest BCUT2D eigenvalue weighted by atomic mass is 79.9. The highest BCUT2D eigenvalue weighted by Crippen LogP contribution is 2.43. The smallest absolute Gasteiger partial charge is 0.190 e. The summed E-state index contributed by atoms with van der Waals surface area (Å²) in [6.45, 7) is 2.39. The third-order valence-corrected chi connectivity index (χ3v) is 3.67. The molecule has 3 rings (SSSR count). The van der Waals surface area contributed by atoms with Crippen LogP contribution in [0.15, 0.2) is 5.10 Å². The molecule has 0 radical (unpaired) electrons. The lowest BCUT2D eigenvalue weighted by Gasteiger charge is -2.47. The molecule has 2 aliphatic heterocycles. The van der Waals surface area contributed by atoms with E-state index in [1.54, 1.807) is 0 Å². The van der Waals surface area contributed by atoms with E-state index in [1.165, 1.54) is 0 Å². The number of hydrazone groups is 1. The molecule has 14 heavy (non-hydrogen) atoms. The van der Waals surface area contributed by atoms with E-state index in [9.17, 15) is 0 Å². The Morgan fingerprint density at radius 2 is 2.21 bits per heavy atom. The molecule has 2 unspecified atom stereocenters. The Morgan fingerprint density at radius 3 is 2.71 bits per heavy atom. The van der Waals surface area contributed by atoms with Crippen LogP contribution in [-0.4, -0.2) is 47.6 Å². The van der Waals surface area contributed by atoms with Crippen LogP contribution in [0.2, 0.25) is 0 Å². The largest absolute Gasteiger partial charge is 0.345 e. The molecule has 0 bridgehead atoms. The molecule has 2 atom stereocenters. The molecule has 1 aliphatic carbocycles. The Labute approximate surface area is 91.4 Å². The molecule has 2 heterocycles. The van der Waals surface area contributed by atoms with Gasteiger partial charge in [-0.3, -0.25) is 5.01 Å². The molecule has 1 saturated heterocycles. The van der Waals surface area contributed by atoms with Crippen LogP contribution in [0.5, 0.6) is 0 Å². The Kier molecular flexibility index (Phi) is 2.07. The van der Waals surface area contributed by atoms with Crippen molar-refractivity contribution in [1.82, 2.24) is 5.01 Å². The number of halogens is 1. The summed E-state index contributed by atoms with van der Waals surface area (Å²) >= 11 is 3.52. The molecule has 0 amide bonds. The predicted molar refractivity (Wildman–Crippen MR) is 55.6 cm³/mol. The van der Waals surface area contributed by atoms with Crippen LogP contribution in [0.4, 0.5) is 0 Å². The minimum absolute atomic E-state index is 0.323. The van der Waals surface area contributed by atoms with Gasteiger partial charge in [-0.2, -0.15) is 5.10 Å². The van der Waals surface area contributed by atoms with E-state index in [0.29, 0.717) is 10.9 Å². The summed E-state index contributed by atoms with van der Waals surface area (Å²) in [5, 5.41) is 6.45. The van der Waals surface area contributed by atoms with Crippen molar-refractivity contribution in [3.05, 3.63) is 0 Å². The van der Waals surface area contributed by atoms with Crippen molar-refractivity contribution >= 4 is 22.1 Å². The van der Waals surface area contributed by atoms with Gasteiger partial charge in [-0.25, -0.2) is 0 Å². The zero-order valence-electron chi connectivity index (χ0n) is 7.86. The van der Waals surface area contributed by atoms with Crippen molar-refractivity contribution < 1.29 is 9.47 Å². The first-order chi connectivity index (χ1) is 6.80. The van der Waals surface area contributed by atoms with E-state index in [4.69, 9.17) is 9.47 Å². The molecule has 0 aromatic carbocycles. The van der Waals surface area contributed by atoms with Gasteiger partial charge in [0, 0.05) is 12.6 Å². The van der Waals surface area contributed by atoms with Crippen LogP contribution >= 0.6 is 15.9 Å². The second-order valence-electron chi connectivity index (χ2n) is 3.97. The summed E-state index contributed by atoms with van der Waals surface area (Å²) in [7, 11) is 0. The maximum atomic E-state index is 5.68. The molecule has 2 fully saturated rings. The predicted octanol–water partition coefficient (Wildman–Crippen LogP) is 0.957. The van der Waals surface area contributed by atoms with Crippen LogP contribution in [0.3, 0.4) is 0 Å². The normalized spacial score (nSPS) is 39.4. The molecule has 78 valence electrons. The molecular weight excluding hydrogens is 248 g/mol. The molecule has 1 spiro atoms. The zero-order valence-corrected chi connectivity index (χ0v) is 9.44. The molecule has 0 aromatic rings. The molecule has 1 saturated carbocycles. The number of ether oxygens (including phenoxy) is 2. The van der Waals surface area contributed by atoms with Crippen molar-refractivity contribution in [2.24, 2.45) is 5.10 Å². The number of nitrogens with zero attached hydrogens (tertiary/aromatic N) is 2. The third-order valence-electron chi connectivity index (χ3n) is 3.15. The van der Waals surface area contributed by atoms with Gasteiger partial charge < -0.3 is 9.47 Å². The van der Waals surface area contributed by atoms with Gasteiger partial charge in [0.15, 0.2) is 5.79 Å². The summed E-state index contributed by atoms with van der Waals surface area (Å²) in [5.74, 6) is -0.325. The fraction of sp³-hybridized carbons (Fsp3) is 0.889. The minimum Gasteiger partial charge on any atom is -0.345 e. The van der Waals surface area contributed by atoms with Crippen LogP contribution in [0.1, 0.15) is 12.8 Å². The topological polar surface area (TPSA) is 34.1 Å². The number of hydrogen-bond donors (Lipinski definition) is 0. The van der Waals surface area contributed by atoms with E-state index in [0.717, 1.165) is 32.6 Å². The van der Waals surface area contributed by atoms with Crippen LogP contribution < -0.4 is 0 Å². The van der Waals surface area contributed by atoms with Gasteiger partial charge in [-0.15, -0.1) is 0 Å². The molecule has 0 aromatic heterocycles. The minimum atomic E-state index is -0.325. The number of hydrogen-bond acceptors (Lipinski definition) is 4. The number of rotatable bonds is 1. The van der Waals surface area contributed by atoms with Gasteiger partial charge in [0.25, 0.3) is 0 Å². The first-order valence-corrected chi connectivity index (χ1v) is 5.94. The first-order valence-electron chi connectivity index (χ1n) is 5.03. The maximum absolute atomic E-state index is 5.68. The summed E-state index contributed by atoms with van der Waals surface area (Å²) in [5.41, 5.74) is 0. The van der Waals surface area contributed by atoms with E-state index in [1.807, 2.05) is 6.21 Å². The third kappa shape index (κ3) is 1.22. The van der Waals surface area contributed by atoms with E-state index in [-0.39, 0.29) is 5.79 Å². The van der Waals surface area contributed by atoms with Crippen LogP contribution in [0.25, 0.3) is 0 Å². The molecule has 0 N–H and O–H groups in total. The lowest BCUT2D eigenvalue weighted by Crippen LogP contribution is -2.59. The van der Waals surface area contributed by atoms with Gasteiger partial charge in [0.2, 0.25) is 0 Å². The summed E-state index contributed by atoms with van der Waals surface area (Å²) < 4.78 is 11.4. The lowest BCUT2D eigenvalue weighted by molar-refractivity contribution is -0.252. The quantitative estimate of drug-likeness (QED) is 0.659. The highest BCUT2D eigenvalue weighted by Gasteiger charge is 2.55. The van der Waals surface area contributed by atoms with E-state index >= 15 is 0 Å². The highest BCUT2D eigenvalue weighted by molar-refractivity contribution is 9.10. The van der Waals surface area contributed by atoms with Gasteiger partial charge >= 0.3 is 0 Å². The van der Waals surface area contributed by atoms with Crippen molar-refractivity contribution in [2.75, 3.05) is 19.8 Å². The lowest BCUT2D eigenvalue weighted by atomic mass is 9.84. The van der Waals surface area contributed by atoms with E-state index < -0.39 is 0 Å². The van der Waals surface area contributed by atoms with Gasteiger partial charge in [0.05, 0.1) is 24.6 Å². The van der Waals surface area contributed by atoms with Gasteiger partial charge in [-0.1, -0.05) is 15.9 Å². The maximum Gasteiger partial charge on any atom is 0.190 e. The second-order valence-corrected chi connectivity index (χ2v) is 5.14. The van der Waals surface area contributed by atoms with Crippen molar-refractivity contribution in [1.29, 1.82) is 0 Å². The van der Waals surface area contributed by atoms with E-state index in [2.05, 4.69) is 26.0 Å². The first kappa shape index (κ1) is 9.12. The summed E-state index contributed by atoms with van der Waals surface area (Å²) in [6.07, 6.45) is 4.06. The summed E-state index contributed by atoms with van der Waals surface area (Å²) in [4.78, 5) is 0.376.